The Morgan fingerprint density at radius 1 is 1.18 bits per heavy atom. The third-order valence-electron chi connectivity index (χ3n) is 3.79. The van der Waals surface area contributed by atoms with Crippen molar-refractivity contribution in [2.45, 2.75) is 45.6 Å². The van der Waals surface area contributed by atoms with E-state index >= 15 is 0 Å². The van der Waals surface area contributed by atoms with Crippen LogP contribution in [-0.2, 0) is 4.79 Å². The van der Waals surface area contributed by atoms with Crippen molar-refractivity contribution in [3.05, 3.63) is 0 Å². The lowest BCUT2D eigenvalue weighted by Gasteiger charge is -2.37. The van der Waals surface area contributed by atoms with E-state index in [0.29, 0.717) is 17.7 Å². The number of amides is 1. The Hall–Kier alpha value is -0.280. The van der Waals surface area contributed by atoms with Crippen LogP contribution in [0.2, 0.25) is 0 Å². The molecule has 0 aromatic carbocycles. The number of nitrogens with zero attached hydrogens (tertiary/aromatic N) is 1. The first kappa shape index (κ1) is 14.8. The summed E-state index contributed by atoms with van der Waals surface area (Å²) in [6.45, 7) is 7.44. The lowest BCUT2D eigenvalue weighted by molar-refractivity contribution is -0.136. The molecule has 100 valence electrons. The van der Waals surface area contributed by atoms with Crippen molar-refractivity contribution in [3.63, 3.8) is 0 Å². The topological polar surface area (TPSA) is 32.3 Å². The summed E-state index contributed by atoms with van der Waals surface area (Å²) in [6, 6.07) is 0.103. The predicted octanol–water partition coefficient (Wildman–Crippen LogP) is 2.05. The standard InChI is InChI=1S/C13H24N2O.ClH/c1-10-7-11(2)9-15(8-10)13(16)12-5-3-4-6-14-12;/h10-12,14H,3-9H2,1-2H3;1H/t10?,11?,12-;/m0./s1. The Bertz CT molecular complexity index is 244. The molecule has 0 saturated carbocycles. The minimum Gasteiger partial charge on any atom is -0.341 e. The smallest absolute Gasteiger partial charge is 0.239 e. The van der Waals surface area contributed by atoms with Crippen LogP contribution in [0.25, 0.3) is 0 Å². The van der Waals surface area contributed by atoms with Gasteiger partial charge in [0.2, 0.25) is 5.91 Å². The van der Waals surface area contributed by atoms with E-state index in [0.717, 1.165) is 26.1 Å². The van der Waals surface area contributed by atoms with Crippen molar-refractivity contribution in [2.75, 3.05) is 19.6 Å². The van der Waals surface area contributed by atoms with Crippen LogP contribution in [0.5, 0.6) is 0 Å². The molecular formula is C13H25ClN2O. The lowest BCUT2D eigenvalue weighted by Crippen LogP contribution is -2.52. The fourth-order valence-electron chi connectivity index (χ4n) is 3.13. The molecule has 0 aromatic rings. The number of carbonyl (C=O) groups excluding carboxylic acids is 1. The van der Waals surface area contributed by atoms with Crippen LogP contribution >= 0.6 is 12.4 Å². The van der Waals surface area contributed by atoms with Crippen molar-refractivity contribution in [1.29, 1.82) is 0 Å². The summed E-state index contributed by atoms with van der Waals surface area (Å²) in [7, 11) is 0. The molecule has 1 N–H and O–H groups in total. The Labute approximate surface area is 111 Å². The van der Waals surface area contributed by atoms with Crippen molar-refractivity contribution in [1.82, 2.24) is 10.2 Å². The third kappa shape index (κ3) is 3.85. The Kier molecular flexibility index (Phi) is 5.74. The van der Waals surface area contributed by atoms with Crippen molar-refractivity contribution in [3.8, 4) is 0 Å². The number of piperidine rings is 2. The van der Waals surface area contributed by atoms with Gasteiger partial charge in [-0.15, -0.1) is 12.4 Å². The Balaban J connectivity index is 0.00000144. The maximum atomic E-state index is 12.3. The fourth-order valence-corrected chi connectivity index (χ4v) is 3.13. The van der Waals surface area contributed by atoms with E-state index in [9.17, 15) is 4.79 Å². The van der Waals surface area contributed by atoms with Gasteiger partial charge >= 0.3 is 0 Å². The molecule has 2 fully saturated rings. The molecule has 2 aliphatic heterocycles. The summed E-state index contributed by atoms with van der Waals surface area (Å²) >= 11 is 0. The number of nitrogens with one attached hydrogen (secondary N) is 1. The van der Waals surface area contributed by atoms with Gasteiger partial charge in [0.25, 0.3) is 0 Å². The van der Waals surface area contributed by atoms with E-state index in [1.165, 1.54) is 19.3 Å². The van der Waals surface area contributed by atoms with E-state index in [-0.39, 0.29) is 18.4 Å². The maximum Gasteiger partial charge on any atom is 0.239 e. The van der Waals surface area contributed by atoms with E-state index in [1.807, 2.05) is 0 Å². The van der Waals surface area contributed by atoms with Crippen LogP contribution in [0, 0.1) is 11.8 Å². The summed E-state index contributed by atoms with van der Waals surface area (Å²) in [5.74, 6) is 1.67. The number of hydrogen-bond donors (Lipinski definition) is 1. The zero-order chi connectivity index (χ0) is 11.5. The molecule has 0 radical (unpaired) electrons. The largest absolute Gasteiger partial charge is 0.341 e. The molecule has 2 aliphatic rings. The SMILES string of the molecule is CC1CC(C)CN(C(=O)[C@@H]2CCCCN2)C1.Cl. The van der Waals surface area contributed by atoms with E-state index in [4.69, 9.17) is 0 Å². The number of rotatable bonds is 1. The summed E-state index contributed by atoms with van der Waals surface area (Å²) in [4.78, 5) is 14.4. The number of likely N-dealkylation sites (tertiary alicyclic amines) is 1. The highest BCUT2D eigenvalue weighted by molar-refractivity contribution is 5.85. The zero-order valence-corrected chi connectivity index (χ0v) is 11.8. The molecule has 17 heavy (non-hydrogen) atoms. The molecule has 0 aromatic heterocycles. The fraction of sp³-hybridized carbons (Fsp3) is 0.923. The first-order valence-corrected chi connectivity index (χ1v) is 6.69. The summed E-state index contributed by atoms with van der Waals surface area (Å²) in [5.41, 5.74) is 0. The average Bonchev–Trinajstić information content (AvgIpc) is 2.28. The quantitative estimate of drug-likeness (QED) is 0.783. The molecule has 2 rings (SSSR count). The van der Waals surface area contributed by atoms with Crippen LogP contribution in [0.15, 0.2) is 0 Å². The molecule has 0 bridgehead atoms. The second kappa shape index (κ2) is 6.60. The van der Waals surface area contributed by atoms with Crippen LogP contribution in [-0.4, -0.2) is 36.5 Å². The van der Waals surface area contributed by atoms with E-state index in [1.54, 1.807) is 0 Å². The van der Waals surface area contributed by atoms with Crippen molar-refractivity contribution in [2.24, 2.45) is 11.8 Å². The second-order valence-corrected chi connectivity index (χ2v) is 5.69. The molecule has 0 aliphatic carbocycles. The minimum atomic E-state index is 0. The molecule has 1 amide bonds. The van der Waals surface area contributed by atoms with Gasteiger partial charge in [0.15, 0.2) is 0 Å². The molecular weight excluding hydrogens is 236 g/mol. The summed E-state index contributed by atoms with van der Waals surface area (Å²) in [5, 5.41) is 3.35. The molecule has 3 nitrogen and oxygen atoms in total. The van der Waals surface area contributed by atoms with E-state index in [2.05, 4.69) is 24.1 Å². The zero-order valence-electron chi connectivity index (χ0n) is 10.9. The van der Waals surface area contributed by atoms with Crippen molar-refractivity contribution < 1.29 is 4.79 Å². The van der Waals surface area contributed by atoms with Crippen LogP contribution in [0.4, 0.5) is 0 Å². The lowest BCUT2D eigenvalue weighted by atomic mass is 9.91. The third-order valence-corrected chi connectivity index (χ3v) is 3.79. The van der Waals surface area contributed by atoms with Crippen LogP contribution < -0.4 is 5.32 Å². The van der Waals surface area contributed by atoms with Gasteiger partial charge in [-0.3, -0.25) is 4.79 Å². The Morgan fingerprint density at radius 3 is 2.35 bits per heavy atom. The Morgan fingerprint density at radius 2 is 1.82 bits per heavy atom. The van der Waals surface area contributed by atoms with Gasteiger partial charge in [-0.25, -0.2) is 0 Å². The molecule has 2 heterocycles. The minimum absolute atomic E-state index is 0. The second-order valence-electron chi connectivity index (χ2n) is 5.69. The van der Waals surface area contributed by atoms with E-state index < -0.39 is 0 Å². The predicted molar refractivity (Wildman–Crippen MR) is 72.4 cm³/mol. The van der Waals surface area contributed by atoms with Gasteiger partial charge in [-0.05, 0) is 37.6 Å². The van der Waals surface area contributed by atoms with Gasteiger partial charge in [-0.2, -0.15) is 0 Å². The summed E-state index contributed by atoms with van der Waals surface area (Å²) in [6.07, 6.45) is 4.71. The maximum absolute atomic E-state index is 12.3. The van der Waals surface area contributed by atoms with Crippen LogP contribution in [0.3, 0.4) is 0 Å². The molecule has 3 atom stereocenters. The first-order valence-electron chi connectivity index (χ1n) is 6.69. The summed E-state index contributed by atoms with van der Waals surface area (Å²) < 4.78 is 0. The van der Waals surface area contributed by atoms with Crippen LogP contribution in [0.1, 0.15) is 39.5 Å². The van der Waals surface area contributed by atoms with Gasteiger partial charge in [0.05, 0.1) is 6.04 Å². The molecule has 0 spiro atoms. The molecule has 4 heteroatoms. The highest BCUT2D eigenvalue weighted by Crippen LogP contribution is 2.22. The molecule has 2 saturated heterocycles. The molecule has 2 unspecified atom stereocenters. The first-order chi connectivity index (χ1) is 7.66. The number of halogens is 1. The van der Waals surface area contributed by atoms with Gasteiger partial charge in [-0.1, -0.05) is 20.3 Å². The van der Waals surface area contributed by atoms with Gasteiger partial charge < -0.3 is 10.2 Å². The monoisotopic (exact) mass is 260 g/mol. The number of hydrogen-bond acceptors (Lipinski definition) is 2. The highest BCUT2D eigenvalue weighted by atomic mass is 35.5. The van der Waals surface area contributed by atoms with Crippen molar-refractivity contribution >= 4 is 18.3 Å². The van der Waals surface area contributed by atoms with Gasteiger partial charge in [0.1, 0.15) is 0 Å². The average molecular weight is 261 g/mol. The highest BCUT2D eigenvalue weighted by Gasteiger charge is 2.30. The number of carbonyl (C=O) groups is 1. The normalized spacial score (nSPS) is 34.0. The van der Waals surface area contributed by atoms with Gasteiger partial charge in [0, 0.05) is 13.1 Å².